The van der Waals surface area contributed by atoms with Gasteiger partial charge in [0.15, 0.2) is 0 Å². The molecule has 0 bridgehead atoms. The van der Waals surface area contributed by atoms with Gasteiger partial charge in [-0.3, -0.25) is 13.9 Å². The highest BCUT2D eigenvalue weighted by Crippen LogP contribution is 2.31. The van der Waals surface area contributed by atoms with Crippen LogP contribution in [0, 0.1) is 0 Å². The number of benzene rings is 2. The van der Waals surface area contributed by atoms with Gasteiger partial charge in [0.25, 0.3) is 5.91 Å². The molecule has 0 aliphatic rings. The van der Waals surface area contributed by atoms with Crippen molar-refractivity contribution in [3.05, 3.63) is 53.1 Å². The van der Waals surface area contributed by atoms with Crippen LogP contribution in [0.4, 0.5) is 11.4 Å². The van der Waals surface area contributed by atoms with Gasteiger partial charge < -0.3 is 15.4 Å². The van der Waals surface area contributed by atoms with Gasteiger partial charge in [0.05, 0.1) is 35.3 Å². The molecule has 2 N–H and O–H groups in total. The second-order valence-electron chi connectivity index (χ2n) is 7.20. The maximum absolute atomic E-state index is 13.0. The summed E-state index contributed by atoms with van der Waals surface area (Å²) in [6, 6.07) is 9.89. The van der Waals surface area contributed by atoms with Crippen molar-refractivity contribution in [1.82, 2.24) is 5.32 Å². The van der Waals surface area contributed by atoms with Gasteiger partial charge in [-0.15, -0.1) is 0 Å². The molecule has 2 rings (SSSR count). The number of hydrogen-bond donors (Lipinski definition) is 2. The largest absolute Gasteiger partial charge is 0.495 e. The summed E-state index contributed by atoms with van der Waals surface area (Å²) >= 11 is 6.15. The van der Waals surface area contributed by atoms with E-state index in [-0.39, 0.29) is 16.6 Å². The maximum Gasteiger partial charge on any atom is 0.253 e. The van der Waals surface area contributed by atoms with E-state index in [2.05, 4.69) is 10.6 Å². The third-order valence-corrected chi connectivity index (χ3v) is 6.26. The molecule has 0 aliphatic carbocycles. The maximum atomic E-state index is 13.0. The van der Waals surface area contributed by atoms with Gasteiger partial charge in [0.1, 0.15) is 11.8 Å². The predicted octanol–water partition coefficient (Wildman–Crippen LogP) is 3.67. The smallest absolute Gasteiger partial charge is 0.253 e. The van der Waals surface area contributed by atoms with Gasteiger partial charge in [0, 0.05) is 6.54 Å². The van der Waals surface area contributed by atoms with Crippen LogP contribution >= 0.6 is 11.6 Å². The van der Waals surface area contributed by atoms with Crippen molar-refractivity contribution in [3.8, 4) is 5.75 Å². The van der Waals surface area contributed by atoms with E-state index in [1.807, 2.05) is 6.92 Å². The molecule has 0 fully saturated rings. The van der Waals surface area contributed by atoms with E-state index in [4.69, 9.17) is 16.3 Å². The number of unbranched alkanes of at least 4 members (excludes halogenated alkanes) is 1. The van der Waals surface area contributed by atoms with Crippen molar-refractivity contribution in [3.63, 3.8) is 0 Å². The number of nitrogens with one attached hydrogen (secondary N) is 2. The molecule has 10 heteroatoms. The van der Waals surface area contributed by atoms with Crippen molar-refractivity contribution in [2.75, 3.05) is 29.5 Å². The topological polar surface area (TPSA) is 105 Å². The molecule has 0 unspecified atom stereocenters. The summed E-state index contributed by atoms with van der Waals surface area (Å²) in [5, 5.41) is 5.70. The molecule has 2 aromatic rings. The predicted molar refractivity (Wildman–Crippen MR) is 127 cm³/mol. The lowest BCUT2D eigenvalue weighted by Gasteiger charge is -2.28. The van der Waals surface area contributed by atoms with Crippen molar-refractivity contribution >= 4 is 44.8 Å². The second-order valence-corrected chi connectivity index (χ2v) is 9.46. The number of amides is 2. The number of sulfonamides is 1. The first kappa shape index (κ1) is 25.5. The fourth-order valence-corrected chi connectivity index (χ4v) is 4.52. The van der Waals surface area contributed by atoms with Crippen LogP contribution in [-0.2, 0) is 14.8 Å². The lowest BCUT2D eigenvalue weighted by Crippen LogP contribution is -2.45. The Morgan fingerprint density at radius 2 is 1.88 bits per heavy atom. The number of halogens is 1. The first-order valence-corrected chi connectivity index (χ1v) is 12.3. The molecule has 1 atom stereocenters. The first-order chi connectivity index (χ1) is 15.1. The summed E-state index contributed by atoms with van der Waals surface area (Å²) < 4.78 is 31.1. The minimum atomic E-state index is -3.84. The summed E-state index contributed by atoms with van der Waals surface area (Å²) in [5.74, 6) is -0.538. The molecule has 0 saturated heterocycles. The van der Waals surface area contributed by atoms with E-state index in [1.165, 1.54) is 32.2 Å². The van der Waals surface area contributed by atoms with Crippen molar-refractivity contribution in [2.24, 2.45) is 0 Å². The number of hydrogen-bond acceptors (Lipinski definition) is 5. The average Bonchev–Trinajstić information content (AvgIpc) is 2.73. The van der Waals surface area contributed by atoms with Crippen LogP contribution in [0.1, 0.15) is 37.0 Å². The third kappa shape index (κ3) is 6.37. The van der Waals surface area contributed by atoms with E-state index < -0.39 is 22.0 Å². The molecule has 174 valence electrons. The Morgan fingerprint density at radius 1 is 1.19 bits per heavy atom. The van der Waals surface area contributed by atoms with Crippen LogP contribution in [-0.4, -0.2) is 46.2 Å². The van der Waals surface area contributed by atoms with Gasteiger partial charge in [-0.25, -0.2) is 8.42 Å². The summed E-state index contributed by atoms with van der Waals surface area (Å²) in [6.07, 6.45) is 2.78. The van der Waals surface area contributed by atoms with Crippen LogP contribution in [0.5, 0.6) is 5.75 Å². The lowest BCUT2D eigenvalue weighted by atomic mass is 10.1. The zero-order chi connectivity index (χ0) is 23.9. The minimum Gasteiger partial charge on any atom is -0.495 e. The molecule has 2 aromatic carbocycles. The number of anilines is 2. The molecular weight excluding hydrogens is 454 g/mol. The van der Waals surface area contributed by atoms with E-state index in [1.54, 1.807) is 24.3 Å². The molecule has 2 amide bonds. The Hall–Kier alpha value is -2.78. The molecule has 0 aliphatic heterocycles. The monoisotopic (exact) mass is 481 g/mol. The zero-order valence-electron chi connectivity index (χ0n) is 18.5. The number of carbonyl (C=O) groups is 2. The molecular formula is C22H28ClN3O5S. The Balaban J connectivity index is 2.30. The summed E-state index contributed by atoms with van der Waals surface area (Å²) in [5.41, 5.74) is 0.800. The third-order valence-electron chi connectivity index (χ3n) is 4.72. The summed E-state index contributed by atoms with van der Waals surface area (Å²) in [6.45, 7) is 4.00. The highest BCUT2D eigenvalue weighted by Gasteiger charge is 2.30. The quantitative estimate of drug-likeness (QED) is 0.504. The van der Waals surface area contributed by atoms with E-state index in [0.717, 1.165) is 23.4 Å². The van der Waals surface area contributed by atoms with Crippen LogP contribution in [0.3, 0.4) is 0 Å². The lowest BCUT2D eigenvalue weighted by molar-refractivity contribution is -0.116. The first-order valence-electron chi connectivity index (χ1n) is 10.1. The van der Waals surface area contributed by atoms with Crippen LogP contribution < -0.4 is 19.7 Å². The van der Waals surface area contributed by atoms with Crippen molar-refractivity contribution in [2.45, 2.75) is 32.7 Å². The fourth-order valence-electron chi connectivity index (χ4n) is 3.10. The van der Waals surface area contributed by atoms with Crippen LogP contribution in [0.25, 0.3) is 0 Å². The number of carbonyl (C=O) groups excluding carboxylic acids is 2. The average molecular weight is 482 g/mol. The van der Waals surface area contributed by atoms with Gasteiger partial charge in [-0.1, -0.05) is 37.1 Å². The molecule has 32 heavy (non-hydrogen) atoms. The Bertz CT molecular complexity index is 1070. The standard InChI is InChI=1S/C22H28ClN3O5S/c1-5-6-13-24-22(28)17-9-7-8-10-19(17)25-21(27)15(2)26(32(4,29)30)16-11-12-20(31-3)18(23)14-16/h7-12,14-15H,5-6,13H2,1-4H3,(H,24,28)(H,25,27)/t15-/m1/s1. The molecule has 0 spiro atoms. The van der Waals surface area contributed by atoms with Crippen molar-refractivity contribution < 1.29 is 22.7 Å². The summed E-state index contributed by atoms with van der Waals surface area (Å²) in [7, 11) is -2.39. The number of methoxy groups -OCH3 is 1. The normalized spacial score (nSPS) is 12.0. The Labute approximate surface area is 193 Å². The number of para-hydroxylation sites is 1. The zero-order valence-corrected chi connectivity index (χ0v) is 20.1. The van der Waals surface area contributed by atoms with E-state index in [9.17, 15) is 18.0 Å². The highest BCUT2D eigenvalue weighted by atomic mass is 35.5. The van der Waals surface area contributed by atoms with Crippen LogP contribution in [0.15, 0.2) is 42.5 Å². The number of ether oxygens (including phenoxy) is 1. The van der Waals surface area contributed by atoms with Crippen LogP contribution in [0.2, 0.25) is 5.02 Å². The van der Waals surface area contributed by atoms with Gasteiger partial charge >= 0.3 is 0 Å². The van der Waals surface area contributed by atoms with E-state index >= 15 is 0 Å². The van der Waals surface area contributed by atoms with Gasteiger partial charge in [-0.2, -0.15) is 0 Å². The minimum absolute atomic E-state index is 0.209. The Kier molecular flexibility index (Phi) is 8.91. The summed E-state index contributed by atoms with van der Waals surface area (Å²) in [4.78, 5) is 25.5. The molecule has 0 heterocycles. The molecule has 0 radical (unpaired) electrons. The van der Waals surface area contributed by atoms with Crippen molar-refractivity contribution in [1.29, 1.82) is 0 Å². The highest BCUT2D eigenvalue weighted by molar-refractivity contribution is 7.92. The number of rotatable bonds is 10. The SMILES string of the molecule is CCCCNC(=O)c1ccccc1NC(=O)[C@@H](C)N(c1ccc(OC)c(Cl)c1)S(C)(=O)=O. The molecule has 0 saturated carbocycles. The van der Waals surface area contributed by atoms with E-state index in [0.29, 0.717) is 23.5 Å². The second kappa shape index (κ2) is 11.2. The van der Waals surface area contributed by atoms with Gasteiger partial charge in [0.2, 0.25) is 15.9 Å². The fraction of sp³-hybridized carbons (Fsp3) is 0.364. The Morgan fingerprint density at radius 3 is 2.47 bits per heavy atom. The number of nitrogens with zero attached hydrogens (tertiary/aromatic N) is 1. The van der Waals surface area contributed by atoms with Gasteiger partial charge in [-0.05, 0) is 43.7 Å². The molecule has 0 aromatic heterocycles. The molecule has 8 nitrogen and oxygen atoms in total.